The van der Waals surface area contributed by atoms with Crippen molar-refractivity contribution < 1.29 is 14.3 Å². The summed E-state index contributed by atoms with van der Waals surface area (Å²) in [5.74, 6) is 0.860. The summed E-state index contributed by atoms with van der Waals surface area (Å²) in [7, 11) is 3.23. The highest BCUT2D eigenvalue weighted by molar-refractivity contribution is 6.31. The zero-order chi connectivity index (χ0) is 18.1. The smallest absolute Gasteiger partial charge is 0.257 e. The number of aromatic nitrogens is 1. The van der Waals surface area contributed by atoms with Crippen LogP contribution in [0, 0.1) is 6.92 Å². The molecule has 1 fully saturated rings. The average Bonchev–Trinajstić information content (AvgIpc) is 2.54. The molecule has 0 radical (unpaired) electrons. The second-order valence-electron chi connectivity index (χ2n) is 6.02. The van der Waals surface area contributed by atoms with Crippen molar-refractivity contribution in [1.29, 1.82) is 0 Å². The molecule has 2 heterocycles. The standard InChI is InChI=1S/C18H19ClN2O4/c1-11-6-13(8-17(22)20(11)2)25-14-9-21(10-14)18(23)15-7-12(19)4-5-16(15)24-3/h4-8,14H,9-10H2,1-3H3. The quantitative estimate of drug-likeness (QED) is 0.837. The van der Waals surface area contributed by atoms with Gasteiger partial charge in [-0.1, -0.05) is 11.6 Å². The molecule has 1 saturated heterocycles. The van der Waals surface area contributed by atoms with Crippen molar-refractivity contribution in [3.8, 4) is 11.5 Å². The van der Waals surface area contributed by atoms with E-state index in [0.29, 0.717) is 35.2 Å². The molecule has 25 heavy (non-hydrogen) atoms. The lowest BCUT2D eigenvalue weighted by molar-refractivity contribution is 0.0174. The summed E-state index contributed by atoms with van der Waals surface area (Å²) in [6, 6.07) is 8.22. The number of methoxy groups -OCH3 is 1. The second-order valence-corrected chi connectivity index (χ2v) is 6.46. The number of hydrogen-bond acceptors (Lipinski definition) is 4. The van der Waals surface area contributed by atoms with Gasteiger partial charge < -0.3 is 18.9 Å². The van der Waals surface area contributed by atoms with E-state index < -0.39 is 0 Å². The maximum atomic E-state index is 12.6. The molecule has 0 unspecified atom stereocenters. The number of ether oxygens (including phenoxy) is 2. The van der Waals surface area contributed by atoms with Gasteiger partial charge in [0.05, 0.1) is 25.8 Å². The minimum absolute atomic E-state index is 0.120. The fourth-order valence-electron chi connectivity index (χ4n) is 2.69. The Kier molecular flexibility index (Phi) is 4.72. The molecule has 0 atom stereocenters. The molecule has 1 aromatic carbocycles. The summed E-state index contributed by atoms with van der Waals surface area (Å²) >= 11 is 5.98. The van der Waals surface area contributed by atoms with Crippen LogP contribution >= 0.6 is 11.6 Å². The Morgan fingerprint density at radius 3 is 2.60 bits per heavy atom. The van der Waals surface area contributed by atoms with E-state index in [1.807, 2.05) is 13.0 Å². The Hall–Kier alpha value is -2.47. The minimum atomic E-state index is -0.153. The molecular weight excluding hydrogens is 344 g/mol. The molecule has 1 aliphatic heterocycles. The second kappa shape index (κ2) is 6.80. The monoisotopic (exact) mass is 362 g/mol. The van der Waals surface area contributed by atoms with E-state index in [2.05, 4.69) is 0 Å². The molecule has 6 nitrogen and oxygen atoms in total. The molecule has 1 aromatic heterocycles. The van der Waals surface area contributed by atoms with Gasteiger partial charge in [-0.2, -0.15) is 0 Å². The van der Waals surface area contributed by atoms with Gasteiger partial charge in [0.25, 0.3) is 11.5 Å². The zero-order valence-corrected chi connectivity index (χ0v) is 15.0. The van der Waals surface area contributed by atoms with Gasteiger partial charge in [0.2, 0.25) is 0 Å². The minimum Gasteiger partial charge on any atom is -0.496 e. The molecule has 0 saturated carbocycles. The van der Waals surface area contributed by atoms with E-state index in [9.17, 15) is 9.59 Å². The van der Waals surface area contributed by atoms with Crippen LogP contribution in [-0.2, 0) is 7.05 Å². The number of likely N-dealkylation sites (tertiary alicyclic amines) is 1. The highest BCUT2D eigenvalue weighted by Crippen LogP contribution is 2.26. The van der Waals surface area contributed by atoms with E-state index in [4.69, 9.17) is 21.1 Å². The summed E-state index contributed by atoms with van der Waals surface area (Å²) < 4.78 is 12.6. The number of hydrogen-bond donors (Lipinski definition) is 0. The number of aryl methyl sites for hydroxylation is 1. The molecule has 0 bridgehead atoms. The molecule has 3 rings (SSSR count). The lowest BCUT2D eigenvalue weighted by Gasteiger charge is -2.39. The van der Waals surface area contributed by atoms with Gasteiger partial charge in [0, 0.05) is 23.8 Å². The predicted molar refractivity (Wildman–Crippen MR) is 94.7 cm³/mol. The Balaban J connectivity index is 1.66. The van der Waals surface area contributed by atoms with Crippen molar-refractivity contribution in [1.82, 2.24) is 9.47 Å². The van der Waals surface area contributed by atoms with E-state index in [1.54, 1.807) is 34.7 Å². The maximum absolute atomic E-state index is 12.6. The van der Waals surface area contributed by atoms with Crippen LogP contribution in [0.15, 0.2) is 35.1 Å². The van der Waals surface area contributed by atoms with Crippen LogP contribution in [0.2, 0.25) is 5.02 Å². The van der Waals surface area contributed by atoms with Crippen molar-refractivity contribution in [3.05, 3.63) is 57.0 Å². The van der Waals surface area contributed by atoms with Gasteiger partial charge in [-0.05, 0) is 31.2 Å². The van der Waals surface area contributed by atoms with E-state index in [0.717, 1.165) is 5.69 Å². The maximum Gasteiger partial charge on any atom is 0.257 e. The first kappa shape index (κ1) is 17.4. The number of amides is 1. The number of rotatable bonds is 4. The Labute approximate surface area is 150 Å². The van der Waals surface area contributed by atoms with Crippen LogP contribution in [0.5, 0.6) is 11.5 Å². The van der Waals surface area contributed by atoms with Crippen LogP contribution in [-0.4, -0.2) is 41.7 Å². The van der Waals surface area contributed by atoms with Crippen LogP contribution in [0.25, 0.3) is 0 Å². The number of carbonyl (C=O) groups excluding carboxylic acids is 1. The molecular formula is C18H19ClN2O4. The third-order valence-electron chi connectivity index (χ3n) is 4.31. The Morgan fingerprint density at radius 1 is 1.24 bits per heavy atom. The summed E-state index contributed by atoms with van der Waals surface area (Å²) in [4.78, 5) is 26.0. The fourth-order valence-corrected chi connectivity index (χ4v) is 2.87. The topological polar surface area (TPSA) is 60.8 Å². The molecule has 0 N–H and O–H groups in total. The zero-order valence-electron chi connectivity index (χ0n) is 14.3. The molecule has 1 aliphatic rings. The molecule has 0 spiro atoms. The summed E-state index contributed by atoms with van der Waals surface area (Å²) in [5, 5.41) is 0.480. The third kappa shape index (κ3) is 3.49. The Morgan fingerprint density at radius 2 is 1.96 bits per heavy atom. The third-order valence-corrected chi connectivity index (χ3v) is 4.54. The van der Waals surface area contributed by atoms with Gasteiger partial charge in [0.1, 0.15) is 17.6 Å². The van der Waals surface area contributed by atoms with Gasteiger partial charge in [-0.15, -0.1) is 0 Å². The van der Waals surface area contributed by atoms with E-state index in [1.165, 1.54) is 13.2 Å². The SMILES string of the molecule is COc1ccc(Cl)cc1C(=O)N1CC(Oc2cc(C)n(C)c(=O)c2)C1. The first-order valence-corrected chi connectivity index (χ1v) is 8.24. The van der Waals surface area contributed by atoms with Gasteiger partial charge >= 0.3 is 0 Å². The summed E-state index contributed by atoms with van der Waals surface area (Å²) in [6.45, 7) is 2.74. The molecule has 0 aliphatic carbocycles. The van der Waals surface area contributed by atoms with Gasteiger partial charge in [-0.25, -0.2) is 0 Å². The van der Waals surface area contributed by atoms with E-state index >= 15 is 0 Å². The van der Waals surface area contributed by atoms with Crippen LogP contribution in [0.4, 0.5) is 0 Å². The summed E-state index contributed by atoms with van der Waals surface area (Å²) in [6.07, 6.45) is -0.138. The first-order valence-electron chi connectivity index (χ1n) is 7.86. The number of benzene rings is 1. The highest BCUT2D eigenvalue weighted by atomic mass is 35.5. The number of halogens is 1. The average molecular weight is 363 g/mol. The lowest BCUT2D eigenvalue weighted by Crippen LogP contribution is -2.56. The Bertz CT molecular complexity index is 872. The molecule has 1 amide bonds. The lowest BCUT2D eigenvalue weighted by atomic mass is 10.1. The van der Waals surface area contributed by atoms with E-state index in [-0.39, 0.29) is 17.6 Å². The largest absolute Gasteiger partial charge is 0.496 e. The van der Waals surface area contributed by atoms with Crippen LogP contribution in [0.1, 0.15) is 16.1 Å². The first-order chi connectivity index (χ1) is 11.9. The van der Waals surface area contributed by atoms with Gasteiger partial charge in [-0.3, -0.25) is 9.59 Å². The van der Waals surface area contributed by atoms with Crippen LogP contribution < -0.4 is 15.0 Å². The van der Waals surface area contributed by atoms with Crippen molar-refractivity contribution in [2.45, 2.75) is 13.0 Å². The molecule has 7 heteroatoms. The molecule has 2 aromatic rings. The van der Waals surface area contributed by atoms with Crippen LogP contribution in [0.3, 0.4) is 0 Å². The van der Waals surface area contributed by atoms with Crippen molar-refractivity contribution in [2.24, 2.45) is 7.05 Å². The fraction of sp³-hybridized carbons (Fsp3) is 0.333. The normalized spacial score (nSPS) is 14.2. The highest BCUT2D eigenvalue weighted by Gasteiger charge is 2.34. The van der Waals surface area contributed by atoms with Gasteiger partial charge in [0.15, 0.2) is 0 Å². The predicted octanol–water partition coefficient (Wildman–Crippen LogP) is 2.26. The van der Waals surface area contributed by atoms with Crippen molar-refractivity contribution in [2.75, 3.05) is 20.2 Å². The number of carbonyl (C=O) groups is 1. The number of pyridine rings is 1. The number of nitrogens with zero attached hydrogens (tertiary/aromatic N) is 2. The summed E-state index contributed by atoms with van der Waals surface area (Å²) in [5.41, 5.74) is 1.13. The van der Waals surface area contributed by atoms with Crippen molar-refractivity contribution in [3.63, 3.8) is 0 Å². The van der Waals surface area contributed by atoms with Crippen molar-refractivity contribution >= 4 is 17.5 Å². The molecule has 132 valence electrons.